The molecule has 4 heteroatoms. The number of carbonyl (C=O) groups excluding carboxylic acids is 1. The van der Waals surface area contributed by atoms with Gasteiger partial charge in [-0.2, -0.15) is 0 Å². The molecule has 0 fully saturated rings. The Kier molecular flexibility index (Phi) is 3.64. The van der Waals surface area contributed by atoms with Crippen molar-refractivity contribution in [3.8, 4) is 5.75 Å². The lowest BCUT2D eigenvalue weighted by Gasteiger charge is -2.24. The highest BCUT2D eigenvalue weighted by molar-refractivity contribution is 5.79. The average molecular weight is 235 g/mol. The maximum Gasteiger partial charge on any atom is 0.226 e. The standard InChI is InChI=1S/C13H17NO3/c1-9(15)7-14-13(16)11-6-10-4-2-3-5-12(10)17-8-11/h2-5,9,11,15H,6-8H2,1H3,(H,14,16). The summed E-state index contributed by atoms with van der Waals surface area (Å²) in [4.78, 5) is 11.8. The third-order valence-corrected chi connectivity index (χ3v) is 2.82. The highest BCUT2D eigenvalue weighted by atomic mass is 16.5. The van der Waals surface area contributed by atoms with Crippen LogP contribution >= 0.6 is 0 Å². The molecule has 2 rings (SSSR count). The van der Waals surface area contributed by atoms with E-state index in [1.165, 1.54) is 0 Å². The first kappa shape index (κ1) is 11.9. The molecule has 4 nitrogen and oxygen atoms in total. The van der Waals surface area contributed by atoms with Gasteiger partial charge >= 0.3 is 0 Å². The summed E-state index contributed by atoms with van der Waals surface area (Å²) >= 11 is 0. The third kappa shape index (κ3) is 2.97. The Hall–Kier alpha value is -1.55. The minimum Gasteiger partial charge on any atom is -0.492 e. The lowest BCUT2D eigenvalue weighted by molar-refractivity contribution is -0.126. The highest BCUT2D eigenvalue weighted by Crippen LogP contribution is 2.26. The summed E-state index contributed by atoms with van der Waals surface area (Å²) in [6, 6.07) is 7.76. The van der Waals surface area contributed by atoms with E-state index in [9.17, 15) is 4.79 Å². The van der Waals surface area contributed by atoms with Crippen LogP contribution in [0.5, 0.6) is 5.75 Å². The summed E-state index contributed by atoms with van der Waals surface area (Å²) in [5.74, 6) is 0.649. The maximum absolute atomic E-state index is 11.8. The molecule has 0 saturated carbocycles. The second-order valence-corrected chi connectivity index (χ2v) is 4.41. The molecule has 2 N–H and O–H groups in total. The van der Waals surface area contributed by atoms with Gasteiger partial charge in [0.15, 0.2) is 0 Å². The summed E-state index contributed by atoms with van der Waals surface area (Å²) in [7, 11) is 0. The van der Waals surface area contributed by atoms with Gasteiger partial charge < -0.3 is 15.2 Å². The molecule has 1 amide bonds. The van der Waals surface area contributed by atoms with Crippen molar-refractivity contribution < 1.29 is 14.6 Å². The Labute approximate surface area is 101 Å². The quantitative estimate of drug-likeness (QED) is 0.812. The number of nitrogens with one attached hydrogen (secondary N) is 1. The summed E-state index contributed by atoms with van der Waals surface area (Å²) in [6.07, 6.45) is 0.178. The first-order valence-corrected chi connectivity index (χ1v) is 5.83. The monoisotopic (exact) mass is 235 g/mol. The van der Waals surface area contributed by atoms with Crippen LogP contribution in [0.2, 0.25) is 0 Å². The normalized spacial score (nSPS) is 20.0. The van der Waals surface area contributed by atoms with Crippen LogP contribution in [-0.4, -0.2) is 30.3 Å². The van der Waals surface area contributed by atoms with Crippen LogP contribution in [-0.2, 0) is 11.2 Å². The van der Waals surface area contributed by atoms with Crippen LogP contribution in [0.25, 0.3) is 0 Å². The lowest BCUT2D eigenvalue weighted by atomic mass is 9.96. The molecule has 2 atom stereocenters. The van der Waals surface area contributed by atoms with E-state index in [0.717, 1.165) is 11.3 Å². The van der Waals surface area contributed by atoms with Crippen molar-refractivity contribution in [1.82, 2.24) is 5.32 Å². The topological polar surface area (TPSA) is 58.6 Å². The number of ether oxygens (including phenoxy) is 1. The first-order chi connectivity index (χ1) is 8.16. The van der Waals surface area contributed by atoms with E-state index in [4.69, 9.17) is 9.84 Å². The van der Waals surface area contributed by atoms with Crippen LogP contribution < -0.4 is 10.1 Å². The molecule has 0 radical (unpaired) electrons. The number of rotatable bonds is 3. The molecule has 92 valence electrons. The van der Waals surface area contributed by atoms with E-state index in [1.807, 2.05) is 24.3 Å². The second kappa shape index (κ2) is 5.19. The number of hydrogen-bond donors (Lipinski definition) is 2. The average Bonchev–Trinajstić information content (AvgIpc) is 2.35. The second-order valence-electron chi connectivity index (χ2n) is 4.41. The van der Waals surface area contributed by atoms with E-state index < -0.39 is 6.10 Å². The minimum atomic E-state index is -0.518. The summed E-state index contributed by atoms with van der Waals surface area (Å²) in [6.45, 7) is 2.34. The van der Waals surface area contributed by atoms with Gasteiger partial charge in [-0.25, -0.2) is 0 Å². The van der Waals surface area contributed by atoms with Crippen molar-refractivity contribution in [3.05, 3.63) is 29.8 Å². The molecule has 0 saturated heterocycles. The molecule has 0 aromatic heterocycles. The number of amides is 1. The van der Waals surface area contributed by atoms with E-state index in [2.05, 4.69) is 5.32 Å². The molecule has 1 aliphatic rings. The SMILES string of the molecule is CC(O)CNC(=O)C1COc2ccccc2C1. The number of hydrogen-bond acceptors (Lipinski definition) is 3. The lowest BCUT2D eigenvalue weighted by Crippen LogP contribution is -2.40. The molecule has 0 bridgehead atoms. The van der Waals surface area contributed by atoms with Gasteiger partial charge in [0.1, 0.15) is 12.4 Å². The molecule has 17 heavy (non-hydrogen) atoms. The Balaban J connectivity index is 1.95. The van der Waals surface area contributed by atoms with Crippen molar-refractivity contribution in [2.24, 2.45) is 5.92 Å². The van der Waals surface area contributed by atoms with Gasteiger partial charge in [0.05, 0.1) is 12.0 Å². The Morgan fingerprint density at radius 1 is 1.59 bits per heavy atom. The molecule has 2 unspecified atom stereocenters. The largest absolute Gasteiger partial charge is 0.492 e. The first-order valence-electron chi connectivity index (χ1n) is 5.83. The number of para-hydroxylation sites is 1. The van der Waals surface area contributed by atoms with Gasteiger partial charge in [-0.05, 0) is 25.0 Å². The van der Waals surface area contributed by atoms with Crippen molar-refractivity contribution >= 4 is 5.91 Å². The Bertz CT molecular complexity index is 403. The molecule has 1 aromatic rings. The molecule has 1 aromatic carbocycles. The fourth-order valence-electron chi connectivity index (χ4n) is 1.89. The third-order valence-electron chi connectivity index (χ3n) is 2.82. The maximum atomic E-state index is 11.8. The van der Waals surface area contributed by atoms with Crippen molar-refractivity contribution in [1.29, 1.82) is 0 Å². The van der Waals surface area contributed by atoms with Gasteiger partial charge in [-0.3, -0.25) is 4.79 Å². The van der Waals surface area contributed by atoms with Gasteiger partial charge in [-0.15, -0.1) is 0 Å². The van der Waals surface area contributed by atoms with E-state index in [0.29, 0.717) is 13.0 Å². The van der Waals surface area contributed by atoms with Crippen LogP contribution in [0, 0.1) is 5.92 Å². The summed E-state index contributed by atoms with van der Waals surface area (Å²) in [5.41, 5.74) is 1.07. The van der Waals surface area contributed by atoms with Crippen LogP contribution in [0.15, 0.2) is 24.3 Å². The minimum absolute atomic E-state index is 0.0552. The van der Waals surface area contributed by atoms with Crippen molar-refractivity contribution in [3.63, 3.8) is 0 Å². The number of carbonyl (C=O) groups is 1. The molecule has 0 spiro atoms. The zero-order valence-corrected chi connectivity index (χ0v) is 9.85. The molecular formula is C13H17NO3. The van der Waals surface area contributed by atoms with Gasteiger partial charge in [-0.1, -0.05) is 18.2 Å². The van der Waals surface area contributed by atoms with Gasteiger partial charge in [0, 0.05) is 6.54 Å². The van der Waals surface area contributed by atoms with Crippen LogP contribution in [0.1, 0.15) is 12.5 Å². The zero-order chi connectivity index (χ0) is 12.3. The highest BCUT2D eigenvalue weighted by Gasteiger charge is 2.25. The van der Waals surface area contributed by atoms with E-state index in [1.54, 1.807) is 6.92 Å². The van der Waals surface area contributed by atoms with E-state index >= 15 is 0 Å². The van der Waals surface area contributed by atoms with Crippen molar-refractivity contribution in [2.75, 3.05) is 13.2 Å². The fourth-order valence-corrected chi connectivity index (χ4v) is 1.89. The Morgan fingerprint density at radius 3 is 3.12 bits per heavy atom. The number of benzene rings is 1. The Morgan fingerprint density at radius 2 is 2.35 bits per heavy atom. The van der Waals surface area contributed by atoms with Crippen molar-refractivity contribution in [2.45, 2.75) is 19.4 Å². The molecule has 0 aliphatic carbocycles. The van der Waals surface area contributed by atoms with Crippen LogP contribution in [0.4, 0.5) is 0 Å². The van der Waals surface area contributed by atoms with Gasteiger partial charge in [0.25, 0.3) is 0 Å². The summed E-state index contributed by atoms with van der Waals surface area (Å²) < 4.78 is 5.54. The number of fused-ring (bicyclic) bond motifs is 1. The molecule has 1 heterocycles. The smallest absolute Gasteiger partial charge is 0.226 e. The van der Waals surface area contributed by atoms with Crippen LogP contribution in [0.3, 0.4) is 0 Å². The van der Waals surface area contributed by atoms with E-state index in [-0.39, 0.29) is 18.4 Å². The number of aliphatic hydroxyl groups excluding tert-OH is 1. The predicted molar refractivity (Wildman–Crippen MR) is 63.8 cm³/mol. The molecule has 1 aliphatic heterocycles. The summed E-state index contributed by atoms with van der Waals surface area (Å²) in [5, 5.41) is 11.8. The fraction of sp³-hybridized carbons (Fsp3) is 0.462. The van der Waals surface area contributed by atoms with Gasteiger partial charge in [0.2, 0.25) is 5.91 Å². The zero-order valence-electron chi connectivity index (χ0n) is 9.85. The molecular weight excluding hydrogens is 218 g/mol. The predicted octanol–water partition coefficient (Wildman–Crippen LogP) is 0.735. The number of aliphatic hydroxyl groups is 1.